The molecule has 0 fully saturated rings. The van der Waals surface area contributed by atoms with Crippen molar-refractivity contribution in [3.05, 3.63) is 78.9 Å². The van der Waals surface area contributed by atoms with Crippen LogP contribution in [-0.4, -0.2) is 10.5 Å². The van der Waals surface area contributed by atoms with Crippen molar-refractivity contribution in [1.29, 1.82) is 0 Å². The molecule has 20 heavy (non-hydrogen) atoms. The van der Waals surface area contributed by atoms with Gasteiger partial charge in [-0.15, -0.1) is 7.20 Å². The lowest BCUT2D eigenvalue weighted by Crippen LogP contribution is -2.23. The van der Waals surface area contributed by atoms with E-state index in [0.717, 1.165) is 12.8 Å². The highest BCUT2D eigenvalue weighted by Crippen LogP contribution is 2.72. The molecule has 0 radical (unpaired) electrons. The third-order valence-electron chi connectivity index (χ3n) is 3.87. The average molecular weight is 394 g/mol. The molecule has 2 atom stereocenters. The molecule has 0 aromatic heterocycles. The van der Waals surface area contributed by atoms with E-state index in [1.165, 1.54) is 4.90 Å². The third-order valence-corrected chi connectivity index (χ3v) is 12.8. The molecule has 2 aliphatic carbocycles. The molecule has 0 saturated heterocycles. The highest BCUT2D eigenvalue weighted by Gasteiger charge is 2.37. The Morgan fingerprint density at radius 1 is 0.800 bits per heavy atom. The summed E-state index contributed by atoms with van der Waals surface area (Å²) < 4.78 is 0. The highest BCUT2D eigenvalue weighted by atomic mass is 127. The Hall–Kier alpha value is -0.740. The fraction of sp³-hybridized carbons (Fsp3) is 0.222. The van der Waals surface area contributed by atoms with Gasteiger partial charge in [-0.05, 0) is 51.1 Å². The molecular formula is C18H19IS. The molecular weight excluding hydrogens is 375 g/mol. The largest absolute Gasteiger partial charge is 0.147 e. The lowest BCUT2D eigenvalue weighted by atomic mass is 10.2. The molecule has 2 aliphatic rings. The third kappa shape index (κ3) is 2.68. The first kappa shape index (κ1) is 14.2. The Morgan fingerprint density at radius 3 is 1.80 bits per heavy atom. The van der Waals surface area contributed by atoms with Crippen molar-refractivity contribution < 1.29 is 0 Å². The zero-order valence-corrected chi connectivity index (χ0v) is 14.3. The average Bonchev–Trinajstić information content (AvgIpc) is 2.56. The van der Waals surface area contributed by atoms with Crippen molar-refractivity contribution in [3.63, 3.8) is 0 Å². The highest BCUT2D eigenvalue weighted by molar-refractivity contribution is 14.2. The Morgan fingerprint density at radius 2 is 1.35 bits per heavy atom. The molecule has 0 nitrogen and oxygen atoms in total. The van der Waals surface area contributed by atoms with Crippen molar-refractivity contribution in [2.24, 2.45) is 0 Å². The van der Waals surface area contributed by atoms with E-state index in [2.05, 4.69) is 100 Å². The standard InChI is InChI=1S/C18H19IS/c19-20(16-10-4-1-5-11-16,17-12-6-2-7-13-17)18-14-8-3-9-15-18/h1-12,14,17-18H,13,15H2. The SMILES string of the molecule is IS(c1ccccc1)(C1C=CC=CC1)C1C=CC=CC1. The van der Waals surface area contributed by atoms with Crippen LogP contribution in [0.25, 0.3) is 0 Å². The van der Waals surface area contributed by atoms with Gasteiger partial charge in [0.25, 0.3) is 0 Å². The summed E-state index contributed by atoms with van der Waals surface area (Å²) in [4.78, 5) is 1.52. The van der Waals surface area contributed by atoms with Crippen molar-refractivity contribution in [2.45, 2.75) is 28.2 Å². The molecule has 2 unspecified atom stereocenters. The number of halogens is 1. The van der Waals surface area contributed by atoms with Crippen LogP contribution in [0, 0.1) is 0 Å². The van der Waals surface area contributed by atoms with Gasteiger partial charge in [0.15, 0.2) is 0 Å². The summed E-state index contributed by atoms with van der Waals surface area (Å²) in [5.74, 6) is 0. The maximum atomic E-state index is 2.79. The minimum Gasteiger partial charge on any atom is -0.147 e. The molecule has 0 amide bonds. The Bertz CT molecular complexity index is 538. The van der Waals surface area contributed by atoms with E-state index >= 15 is 0 Å². The van der Waals surface area contributed by atoms with Gasteiger partial charge in [0.1, 0.15) is 0 Å². The molecule has 0 aliphatic heterocycles. The topological polar surface area (TPSA) is 0 Å². The summed E-state index contributed by atoms with van der Waals surface area (Å²) in [6.45, 7) is 0. The zero-order chi connectivity index (χ0) is 13.8. The Labute approximate surface area is 135 Å². The van der Waals surface area contributed by atoms with Crippen LogP contribution in [0.3, 0.4) is 0 Å². The second kappa shape index (κ2) is 6.35. The van der Waals surface area contributed by atoms with E-state index in [9.17, 15) is 0 Å². The fourth-order valence-corrected chi connectivity index (χ4v) is 9.11. The summed E-state index contributed by atoms with van der Waals surface area (Å²) in [6.07, 6.45) is 20.6. The number of rotatable bonds is 3. The van der Waals surface area contributed by atoms with Gasteiger partial charge < -0.3 is 0 Å². The Kier molecular flexibility index (Phi) is 4.51. The lowest BCUT2D eigenvalue weighted by molar-refractivity contribution is 0.982. The van der Waals surface area contributed by atoms with Crippen LogP contribution in [0.5, 0.6) is 0 Å². The summed E-state index contributed by atoms with van der Waals surface area (Å²) in [5.41, 5.74) is 0. The van der Waals surface area contributed by atoms with Crippen LogP contribution in [0.4, 0.5) is 0 Å². The Balaban J connectivity index is 2.02. The summed E-state index contributed by atoms with van der Waals surface area (Å²) in [7, 11) is -0.927. The maximum Gasteiger partial charge on any atom is 0.0234 e. The van der Waals surface area contributed by atoms with E-state index < -0.39 is 7.20 Å². The van der Waals surface area contributed by atoms with E-state index in [1.54, 1.807) is 0 Å². The van der Waals surface area contributed by atoms with E-state index in [0.29, 0.717) is 10.5 Å². The molecule has 0 saturated carbocycles. The van der Waals surface area contributed by atoms with Gasteiger partial charge in [0.2, 0.25) is 0 Å². The first-order valence-electron chi connectivity index (χ1n) is 7.04. The number of hydrogen-bond donors (Lipinski definition) is 0. The number of benzene rings is 1. The van der Waals surface area contributed by atoms with Gasteiger partial charge in [0, 0.05) is 10.5 Å². The lowest BCUT2D eigenvalue weighted by Gasteiger charge is -2.46. The van der Waals surface area contributed by atoms with Crippen LogP contribution >= 0.6 is 28.4 Å². The molecule has 1 aromatic rings. The quantitative estimate of drug-likeness (QED) is 0.554. The summed E-state index contributed by atoms with van der Waals surface area (Å²) in [5, 5.41) is 1.27. The van der Waals surface area contributed by atoms with Gasteiger partial charge in [-0.25, -0.2) is 0 Å². The van der Waals surface area contributed by atoms with Gasteiger partial charge in [0.05, 0.1) is 0 Å². The molecule has 0 N–H and O–H groups in total. The predicted molar refractivity (Wildman–Crippen MR) is 99.7 cm³/mol. The molecule has 0 heterocycles. The van der Waals surface area contributed by atoms with Crippen molar-refractivity contribution in [3.8, 4) is 0 Å². The number of allylic oxidation sites excluding steroid dienone is 6. The van der Waals surface area contributed by atoms with Crippen LogP contribution in [0.15, 0.2) is 83.8 Å². The smallest absolute Gasteiger partial charge is 0.0234 e. The molecule has 2 heteroatoms. The summed E-state index contributed by atoms with van der Waals surface area (Å²) in [6, 6.07) is 11.1. The minimum absolute atomic E-state index is 0.636. The second-order valence-electron chi connectivity index (χ2n) is 5.11. The van der Waals surface area contributed by atoms with E-state index in [-0.39, 0.29) is 0 Å². The fourth-order valence-electron chi connectivity index (χ4n) is 2.83. The first-order chi connectivity index (χ1) is 9.82. The van der Waals surface area contributed by atoms with Crippen LogP contribution in [0.1, 0.15) is 12.8 Å². The normalized spacial score (nSPS) is 29.1. The monoisotopic (exact) mass is 394 g/mol. The maximum absolute atomic E-state index is 2.79. The van der Waals surface area contributed by atoms with Crippen LogP contribution in [-0.2, 0) is 0 Å². The zero-order valence-electron chi connectivity index (χ0n) is 11.4. The van der Waals surface area contributed by atoms with E-state index in [4.69, 9.17) is 0 Å². The van der Waals surface area contributed by atoms with Gasteiger partial charge in [-0.1, -0.05) is 66.8 Å². The van der Waals surface area contributed by atoms with Crippen molar-refractivity contribution in [1.82, 2.24) is 0 Å². The molecule has 3 rings (SSSR count). The van der Waals surface area contributed by atoms with Gasteiger partial charge in [-0.3, -0.25) is 0 Å². The van der Waals surface area contributed by atoms with Crippen molar-refractivity contribution in [2.75, 3.05) is 0 Å². The molecule has 1 aromatic carbocycles. The van der Waals surface area contributed by atoms with Gasteiger partial charge in [-0.2, -0.15) is 0 Å². The minimum atomic E-state index is -0.927. The molecule has 0 spiro atoms. The van der Waals surface area contributed by atoms with Crippen molar-refractivity contribution >= 4 is 28.4 Å². The molecule has 104 valence electrons. The summed E-state index contributed by atoms with van der Waals surface area (Å²) >= 11 is 2.79. The van der Waals surface area contributed by atoms with E-state index in [1.807, 2.05) is 0 Å². The van der Waals surface area contributed by atoms with Gasteiger partial charge >= 0.3 is 0 Å². The number of hydrogen-bond acceptors (Lipinski definition) is 0. The molecule has 0 bridgehead atoms. The first-order valence-corrected chi connectivity index (χ1v) is 11.3. The van der Waals surface area contributed by atoms with Crippen LogP contribution < -0.4 is 0 Å². The predicted octanol–water partition coefficient (Wildman–Crippen LogP) is 5.97. The second-order valence-corrected chi connectivity index (χ2v) is 12.4. The van der Waals surface area contributed by atoms with Crippen LogP contribution in [0.2, 0.25) is 0 Å².